The molecule has 0 aromatic rings. The lowest BCUT2D eigenvalue weighted by atomic mass is 10.0. The van der Waals surface area contributed by atoms with Gasteiger partial charge in [0.2, 0.25) is 0 Å². The van der Waals surface area contributed by atoms with Gasteiger partial charge in [0.15, 0.2) is 0 Å². The normalized spacial score (nSPS) is 13.9. The first-order valence-corrected chi connectivity index (χ1v) is 6.04. The summed E-state index contributed by atoms with van der Waals surface area (Å²) in [7, 11) is 0. The van der Waals surface area contributed by atoms with E-state index in [0.29, 0.717) is 6.42 Å². The van der Waals surface area contributed by atoms with Crippen LogP contribution in [0.15, 0.2) is 0 Å². The molecule has 1 atom stereocenters. The molecule has 2 heteroatoms. The van der Waals surface area contributed by atoms with Crippen molar-refractivity contribution in [3.8, 4) is 0 Å². The van der Waals surface area contributed by atoms with Crippen LogP contribution in [0.4, 0.5) is 0 Å². The Morgan fingerprint density at radius 1 is 1.33 bits per heavy atom. The summed E-state index contributed by atoms with van der Waals surface area (Å²) in [4.78, 5) is 11.0. The van der Waals surface area contributed by atoms with Gasteiger partial charge in [-0.3, -0.25) is 4.79 Å². The fraction of sp³-hybridized carbons (Fsp3) is 0.923. The molecule has 0 radical (unpaired) electrons. The van der Waals surface area contributed by atoms with Crippen LogP contribution >= 0.6 is 0 Å². The summed E-state index contributed by atoms with van der Waals surface area (Å²) in [5.41, 5.74) is -0.308. The molecule has 0 aromatic heterocycles. The second-order valence-corrected chi connectivity index (χ2v) is 5.06. The molecular formula is C13H26O2. The van der Waals surface area contributed by atoms with E-state index in [9.17, 15) is 4.79 Å². The Morgan fingerprint density at radius 3 is 2.40 bits per heavy atom. The molecule has 0 amide bonds. The fourth-order valence-corrected chi connectivity index (χ4v) is 1.93. The summed E-state index contributed by atoms with van der Waals surface area (Å²) < 4.78 is 5.87. The average molecular weight is 214 g/mol. The molecule has 0 rings (SSSR count). The Hall–Kier alpha value is -0.370. The van der Waals surface area contributed by atoms with E-state index in [0.717, 1.165) is 6.42 Å². The standard InChI is InChI=1S/C13H26O2/c1-6-7-8-9-12(3)15-13(4,5)10-11(2)14/h12H,6-10H2,1-5H3. The van der Waals surface area contributed by atoms with Crippen LogP contribution in [0.25, 0.3) is 0 Å². The predicted octanol–water partition coefficient (Wildman–Crippen LogP) is 3.73. The third-order valence-corrected chi connectivity index (χ3v) is 2.41. The van der Waals surface area contributed by atoms with Gasteiger partial charge in [-0.1, -0.05) is 26.2 Å². The zero-order valence-electron chi connectivity index (χ0n) is 10.9. The monoisotopic (exact) mass is 214 g/mol. The van der Waals surface area contributed by atoms with Crippen molar-refractivity contribution in [2.45, 2.75) is 78.4 Å². The van der Waals surface area contributed by atoms with Crippen molar-refractivity contribution in [2.75, 3.05) is 0 Å². The minimum Gasteiger partial charge on any atom is -0.372 e. The number of rotatable bonds is 8. The second kappa shape index (κ2) is 7.00. The van der Waals surface area contributed by atoms with Gasteiger partial charge in [-0.15, -0.1) is 0 Å². The Bertz CT molecular complexity index is 185. The molecule has 0 aliphatic rings. The molecule has 0 saturated carbocycles. The molecule has 90 valence electrons. The average Bonchev–Trinajstić information content (AvgIpc) is 2.00. The van der Waals surface area contributed by atoms with Gasteiger partial charge in [-0.25, -0.2) is 0 Å². The van der Waals surface area contributed by atoms with E-state index < -0.39 is 0 Å². The van der Waals surface area contributed by atoms with Gasteiger partial charge in [0, 0.05) is 6.42 Å². The molecule has 0 bridgehead atoms. The number of hydrogen-bond donors (Lipinski definition) is 0. The van der Waals surface area contributed by atoms with Crippen molar-refractivity contribution < 1.29 is 9.53 Å². The third kappa shape index (κ3) is 8.61. The van der Waals surface area contributed by atoms with Gasteiger partial charge in [0.25, 0.3) is 0 Å². The molecule has 0 N–H and O–H groups in total. The van der Waals surface area contributed by atoms with Gasteiger partial charge in [0.05, 0.1) is 11.7 Å². The smallest absolute Gasteiger partial charge is 0.132 e. The van der Waals surface area contributed by atoms with Crippen molar-refractivity contribution in [1.82, 2.24) is 0 Å². The fourth-order valence-electron chi connectivity index (χ4n) is 1.93. The van der Waals surface area contributed by atoms with Gasteiger partial charge in [-0.2, -0.15) is 0 Å². The molecule has 0 spiro atoms. The lowest BCUT2D eigenvalue weighted by molar-refractivity contribution is -0.126. The maximum Gasteiger partial charge on any atom is 0.132 e. The SMILES string of the molecule is CCCCCC(C)OC(C)(C)CC(C)=O. The number of hydrogen-bond acceptors (Lipinski definition) is 2. The largest absolute Gasteiger partial charge is 0.372 e. The zero-order chi connectivity index (χ0) is 11.9. The Kier molecular flexibility index (Phi) is 6.82. The zero-order valence-corrected chi connectivity index (χ0v) is 10.9. The van der Waals surface area contributed by atoms with E-state index in [4.69, 9.17) is 4.74 Å². The minimum absolute atomic E-state index is 0.195. The second-order valence-electron chi connectivity index (χ2n) is 5.06. The first-order valence-electron chi connectivity index (χ1n) is 6.04. The lowest BCUT2D eigenvalue weighted by Gasteiger charge is -2.28. The summed E-state index contributed by atoms with van der Waals surface area (Å²) in [5, 5.41) is 0. The van der Waals surface area contributed by atoms with Crippen molar-refractivity contribution in [3.05, 3.63) is 0 Å². The molecule has 0 saturated heterocycles. The highest BCUT2D eigenvalue weighted by molar-refractivity contribution is 5.76. The molecule has 0 fully saturated rings. The van der Waals surface area contributed by atoms with Gasteiger partial charge < -0.3 is 4.74 Å². The maximum absolute atomic E-state index is 11.0. The highest BCUT2D eigenvalue weighted by Crippen LogP contribution is 2.19. The number of carbonyl (C=O) groups excluding carboxylic acids is 1. The van der Waals surface area contributed by atoms with Crippen LogP contribution in [0, 0.1) is 0 Å². The van der Waals surface area contributed by atoms with Gasteiger partial charge in [0.1, 0.15) is 5.78 Å². The number of Topliss-reactive ketones (excluding diaryl/α,β-unsaturated/α-hetero) is 1. The van der Waals surface area contributed by atoms with Crippen LogP contribution in [0.2, 0.25) is 0 Å². The molecule has 0 aliphatic heterocycles. The summed E-state index contributed by atoms with van der Waals surface area (Å²) in [6.07, 6.45) is 5.57. The molecule has 0 aromatic carbocycles. The van der Waals surface area contributed by atoms with Crippen molar-refractivity contribution in [1.29, 1.82) is 0 Å². The number of ether oxygens (including phenoxy) is 1. The minimum atomic E-state index is -0.308. The van der Waals surface area contributed by atoms with Crippen LogP contribution in [0.3, 0.4) is 0 Å². The topological polar surface area (TPSA) is 26.3 Å². The Morgan fingerprint density at radius 2 is 1.93 bits per heavy atom. The van der Waals surface area contributed by atoms with Crippen LogP contribution in [0.1, 0.15) is 66.7 Å². The highest BCUT2D eigenvalue weighted by Gasteiger charge is 2.23. The summed E-state index contributed by atoms with van der Waals surface area (Å²) in [6, 6.07) is 0. The van der Waals surface area contributed by atoms with E-state index in [1.165, 1.54) is 19.3 Å². The number of unbranched alkanes of at least 4 members (excludes halogenated alkanes) is 2. The first-order chi connectivity index (χ1) is 6.87. The first kappa shape index (κ1) is 14.6. The van der Waals surface area contributed by atoms with E-state index in [2.05, 4.69) is 13.8 Å². The molecule has 0 heterocycles. The summed E-state index contributed by atoms with van der Waals surface area (Å²) in [5.74, 6) is 0.195. The maximum atomic E-state index is 11.0. The summed E-state index contributed by atoms with van der Waals surface area (Å²) in [6.45, 7) is 9.89. The van der Waals surface area contributed by atoms with E-state index in [1.807, 2.05) is 13.8 Å². The van der Waals surface area contributed by atoms with E-state index in [-0.39, 0.29) is 17.5 Å². The Balaban J connectivity index is 3.82. The molecular weight excluding hydrogens is 188 g/mol. The van der Waals surface area contributed by atoms with Crippen molar-refractivity contribution in [2.24, 2.45) is 0 Å². The Labute approximate surface area is 94.4 Å². The lowest BCUT2D eigenvalue weighted by Crippen LogP contribution is -2.31. The van der Waals surface area contributed by atoms with Gasteiger partial charge in [-0.05, 0) is 34.1 Å². The molecule has 15 heavy (non-hydrogen) atoms. The molecule has 1 unspecified atom stereocenters. The quantitative estimate of drug-likeness (QED) is 0.575. The van der Waals surface area contributed by atoms with Crippen molar-refractivity contribution >= 4 is 5.78 Å². The van der Waals surface area contributed by atoms with E-state index >= 15 is 0 Å². The highest BCUT2D eigenvalue weighted by atomic mass is 16.5. The molecule has 0 aliphatic carbocycles. The van der Waals surface area contributed by atoms with Crippen LogP contribution < -0.4 is 0 Å². The number of ketones is 1. The van der Waals surface area contributed by atoms with Crippen LogP contribution in [-0.2, 0) is 9.53 Å². The van der Waals surface area contributed by atoms with Gasteiger partial charge >= 0.3 is 0 Å². The van der Waals surface area contributed by atoms with Crippen molar-refractivity contribution in [3.63, 3.8) is 0 Å². The predicted molar refractivity (Wildman–Crippen MR) is 64.1 cm³/mol. The third-order valence-electron chi connectivity index (χ3n) is 2.41. The van der Waals surface area contributed by atoms with E-state index in [1.54, 1.807) is 6.92 Å². The molecule has 2 nitrogen and oxygen atoms in total. The summed E-state index contributed by atoms with van der Waals surface area (Å²) >= 11 is 0. The van der Waals surface area contributed by atoms with Crippen LogP contribution in [0.5, 0.6) is 0 Å². The number of carbonyl (C=O) groups is 1. The van der Waals surface area contributed by atoms with Crippen LogP contribution in [-0.4, -0.2) is 17.5 Å².